The monoisotopic (exact) mass is 255 g/mol. The van der Waals surface area contributed by atoms with Crippen LogP contribution in [0, 0.1) is 6.92 Å². The molecule has 1 N–H and O–H groups in total. The molecule has 1 aromatic rings. The smallest absolute Gasteiger partial charge is 0.255 e. The molecule has 0 fully saturated rings. The van der Waals surface area contributed by atoms with E-state index in [0.29, 0.717) is 24.5 Å². The number of carbonyl (C=O) groups is 1. The highest BCUT2D eigenvalue weighted by atomic mass is 79.9. The van der Waals surface area contributed by atoms with Gasteiger partial charge in [-0.1, -0.05) is 15.9 Å². The summed E-state index contributed by atoms with van der Waals surface area (Å²) in [6.45, 7) is 3.03. The number of amides is 1. The Labute approximate surface area is 90.6 Å². The molecule has 0 aromatic heterocycles. The van der Waals surface area contributed by atoms with Crippen LogP contribution in [0.5, 0.6) is 5.75 Å². The van der Waals surface area contributed by atoms with Crippen molar-refractivity contribution in [2.24, 2.45) is 0 Å². The van der Waals surface area contributed by atoms with Crippen molar-refractivity contribution >= 4 is 21.8 Å². The first kappa shape index (κ1) is 9.52. The molecule has 0 bridgehead atoms. The normalized spacial score (nSPS) is 15.1. The number of halogens is 1. The maximum absolute atomic E-state index is 11.6. The van der Waals surface area contributed by atoms with E-state index in [9.17, 15) is 4.79 Å². The van der Waals surface area contributed by atoms with E-state index in [-0.39, 0.29) is 5.91 Å². The Balaban J connectivity index is 2.54. The van der Waals surface area contributed by atoms with Gasteiger partial charge in [-0.25, -0.2) is 0 Å². The second kappa shape index (κ2) is 3.61. The molecule has 0 atom stereocenters. The van der Waals surface area contributed by atoms with E-state index in [0.717, 1.165) is 10.0 Å². The highest BCUT2D eigenvalue weighted by Crippen LogP contribution is 2.28. The van der Waals surface area contributed by atoms with E-state index in [2.05, 4.69) is 21.2 Å². The Morgan fingerprint density at radius 3 is 3.07 bits per heavy atom. The topological polar surface area (TPSA) is 38.3 Å². The molecule has 2 rings (SSSR count). The van der Waals surface area contributed by atoms with E-state index >= 15 is 0 Å². The molecule has 0 radical (unpaired) electrons. The van der Waals surface area contributed by atoms with Gasteiger partial charge in [-0.2, -0.15) is 0 Å². The molecule has 1 heterocycles. The largest absolute Gasteiger partial charge is 0.491 e. The second-order valence-electron chi connectivity index (χ2n) is 3.20. The summed E-state index contributed by atoms with van der Waals surface area (Å²) in [6, 6.07) is 3.68. The van der Waals surface area contributed by atoms with Crippen molar-refractivity contribution in [3.8, 4) is 5.75 Å². The molecule has 1 aromatic carbocycles. The van der Waals surface area contributed by atoms with Crippen LogP contribution < -0.4 is 10.1 Å². The molecule has 0 unspecified atom stereocenters. The first-order valence-corrected chi connectivity index (χ1v) is 5.19. The summed E-state index contributed by atoms with van der Waals surface area (Å²) in [4.78, 5) is 11.6. The van der Waals surface area contributed by atoms with Gasteiger partial charge in [0.05, 0.1) is 12.1 Å². The van der Waals surface area contributed by atoms with Gasteiger partial charge in [0.25, 0.3) is 5.91 Å². The van der Waals surface area contributed by atoms with Crippen LogP contribution in [0.15, 0.2) is 16.6 Å². The average Bonchev–Trinajstić information content (AvgIpc) is 2.31. The lowest BCUT2D eigenvalue weighted by molar-refractivity contribution is 0.0957. The number of hydrogen-bond acceptors (Lipinski definition) is 2. The van der Waals surface area contributed by atoms with Crippen LogP contribution in [0.25, 0.3) is 0 Å². The molecule has 0 saturated carbocycles. The van der Waals surface area contributed by atoms with Crippen LogP contribution >= 0.6 is 15.9 Å². The lowest BCUT2D eigenvalue weighted by Crippen LogP contribution is -2.24. The zero-order valence-corrected chi connectivity index (χ0v) is 9.35. The predicted octanol–water partition coefficient (Wildman–Crippen LogP) is 1.88. The van der Waals surface area contributed by atoms with Crippen LogP contribution in [0.3, 0.4) is 0 Å². The number of ether oxygens (including phenoxy) is 1. The van der Waals surface area contributed by atoms with Gasteiger partial charge in [0.1, 0.15) is 12.4 Å². The number of benzene rings is 1. The van der Waals surface area contributed by atoms with Crippen LogP contribution in [0.1, 0.15) is 15.9 Å². The lowest BCUT2D eigenvalue weighted by atomic mass is 10.1. The molecule has 74 valence electrons. The van der Waals surface area contributed by atoms with Crippen molar-refractivity contribution < 1.29 is 9.53 Å². The van der Waals surface area contributed by atoms with Gasteiger partial charge >= 0.3 is 0 Å². The third-order valence-corrected chi connectivity index (χ3v) is 3.00. The van der Waals surface area contributed by atoms with Gasteiger partial charge in [-0.15, -0.1) is 0 Å². The van der Waals surface area contributed by atoms with E-state index in [1.54, 1.807) is 0 Å². The highest BCUT2D eigenvalue weighted by molar-refractivity contribution is 9.10. The molecule has 4 heteroatoms. The van der Waals surface area contributed by atoms with Gasteiger partial charge in [0.15, 0.2) is 0 Å². The van der Waals surface area contributed by atoms with Crippen LogP contribution in [0.2, 0.25) is 0 Å². The SMILES string of the molecule is Cc1cc2c(cc1Br)OCCNC2=O. The standard InChI is InChI=1S/C10H10BrNO2/c1-6-4-7-9(5-8(6)11)14-3-2-12-10(7)13/h4-5H,2-3H2,1H3,(H,12,13). The van der Waals surface area contributed by atoms with Crippen LogP contribution in [-0.2, 0) is 0 Å². The van der Waals surface area contributed by atoms with Gasteiger partial charge < -0.3 is 10.1 Å². The summed E-state index contributed by atoms with van der Waals surface area (Å²) in [7, 11) is 0. The third kappa shape index (κ3) is 1.62. The Morgan fingerprint density at radius 1 is 1.50 bits per heavy atom. The van der Waals surface area contributed by atoms with Gasteiger partial charge in [0, 0.05) is 4.47 Å². The summed E-state index contributed by atoms with van der Waals surface area (Å²) in [5.74, 6) is 0.588. The zero-order valence-electron chi connectivity index (χ0n) is 7.76. The zero-order chi connectivity index (χ0) is 10.1. The molecule has 0 aliphatic carbocycles. The lowest BCUT2D eigenvalue weighted by Gasteiger charge is -2.07. The minimum atomic E-state index is -0.0619. The molecule has 0 saturated heterocycles. The second-order valence-corrected chi connectivity index (χ2v) is 4.06. The fraction of sp³-hybridized carbons (Fsp3) is 0.300. The van der Waals surface area contributed by atoms with E-state index in [4.69, 9.17) is 4.74 Å². The molecule has 1 aliphatic rings. The predicted molar refractivity (Wildman–Crippen MR) is 56.7 cm³/mol. The summed E-state index contributed by atoms with van der Waals surface area (Å²) in [5, 5.41) is 2.77. The van der Waals surface area contributed by atoms with Crippen LogP contribution in [0.4, 0.5) is 0 Å². The summed E-state index contributed by atoms with van der Waals surface area (Å²) in [6.07, 6.45) is 0. The molecule has 1 aliphatic heterocycles. The molecular weight excluding hydrogens is 246 g/mol. The van der Waals surface area contributed by atoms with Gasteiger partial charge in [-0.05, 0) is 24.6 Å². The Hall–Kier alpha value is -1.03. The van der Waals surface area contributed by atoms with Crippen molar-refractivity contribution in [3.63, 3.8) is 0 Å². The maximum atomic E-state index is 11.6. The summed E-state index contributed by atoms with van der Waals surface area (Å²) >= 11 is 3.41. The van der Waals surface area contributed by atoms with Crippen molar-refractivity contribution in [3.05, 3.63) is 27.7 Å². The molecule has 1 amide bonds. The fourth-order valence-electron chi connectivity index (χ4n) is 1.38. The quantitative estimate of drug-likeness (QED) is 0.769. The number of nitrogens with one attached hydrogen (secondary N) is 1. The van der Waals surface area contributed by atoms with Crippen LogP contribution in [-0.4, -0.2) is 19.1 Å². The minimum absolute atomic E-state index is 0.0619. The summed E-state index contributed by atoms with van der Waals surface area (Å²) < 4.78 is 6.41. The minimum Gasteiger partial charge on any atom is -0.491 e. The fourth-order valence-corrected chi connectivity index (χ4v) is 1.70. The first-order chi connectivity index (χ1) is 6.68. The number of aryl methyl sites for hydroxylation is 1. The number of rotatable bonds is 0. The maximum Gasteiger partial charge on any atom is 0.255 e. The van der Waals surface area contributed by atoms with Crippen molar-refractivity contribution in [2.75, 3.05) is 13.2 Å². The summed E-state index contributed by atoms with van der Waals surface area (Å²) in [5.41, 5.74) is 1.65. The molecule has 0 spiro atoms. The van der Waals surface area contributed by atoms with E-state index in [1.807, 2.05) is 19.1 Å². The Kier molecular flexibility index (Phi) is 2.46. The van der Waals surface area contributed by atoms with Crippen molar-refractivity contribution in [1.29, 1.82) is 0 Å². The van der Waals surface area contributed by atoms with Crippen molar-refractivity contribution in [1.82, 2.24) is 5.32 Å². The molecule has 3 nitrogen and oxygen atoms in total. The Bertz CT molecular complexity index is 390. The first-order valence-electron chi connectivity index (χ1n) is 4.39. The number of fused-ring (bicyclic) bond motifs is 1. The van der Waals surface area contributed by atoms with Gasteiger partial charge in [0.2, 0.25) is 0 Å². The van der Waals surface area contributed by atoms with E-state index in [1.165, 1.54) is 0 Å². The molecule has 14 heavy (non-hydrogen) atoms. The molecular formula is C10H10BrNO2. The van der Waals surface area contributed by atoms with Crippen molar-refractivity contribution in [2.45, 2.75) is 6.92 Å². The number of hydrogen-bond donors (Lipinski definition) is 1. The average molecular weight is 256 g/mol. The van der Waals surface area contributed by atoms with E-state index < -0.39 is 0 Å². The third-order valence-electron chi connectivity index (χ3n) is 2.15. The Morgan fingerprint density at radius 2 is 2.29 bits per heavy atom. The number of carbonyl (C=O) groups excluding carboxylic acids is 1. The van der Waals surface area contributed by atoms with Gasteiger partial charge in [-0.3, -0.25) is 4.79 Å². The highest BCUT2D eigenvalue weighted by Gasteiger charge is 2.17.